The molecule has 0 aromatic heterocycles. The Labute approximate surface area is 118 Å². The quantitative estimate of drug-likeness (QED) is 0.649. The number of hydrogen-bond donors (Lipinski definition) is 0. The minimum atomic E-state index is 0.131. The van der Waals surface area contributed by atoms with Gasteiger partial charge < -0.3 is 9.47 Å². The molecule has 0 unspecified atom stereocenters. The molecular weight excluding hydrogens is 236 g/mol. The SMILES string of the molecule is CCCCOc1ccc(C(C)(C)C)cc1OCCC. The fourth-order valence-corrected chi connectivity index (χ4v) is 1.75. The van der Waals surface area contributed by atoms with E-state index in [2.05, 4.69) is 46.8 Å². The van der Waals surface area contributed by atoms with Crippen LogP contribution in [0.3, 0.4) is 0 Å². The first-order valence-electron chi connectivity index (χ1n) is 7.39. The zero-order chi connectivity index (χ0) is 14.3. The second kappa shape index (κ2) is 7.42. The maximum absolute atomic E-state index is 5.83. The Bertz CT molecular complexity index is 377. The van der Waals surface area contributed by atoms with Crippen LogP contribution in [0, 0.1) is 0 Å². The lowest BCUT2D eigenvalue weighted by Gasteiger charge is -2.21. The minimum absolute atomic E-state index is 0.131. The van der Waals surface area contributed by atoms with Crippen LogP contribution in [0.15, 0.2) is 18.2 Å². The lowest BCUT2D eigenvalue weighted by Crippen LogP contribution is -2.12. The van der Waals surface area contributed by atoms with E-state index in [-0.39, 0.29) is 5.41 Å². The molecule has 1 aromatic carbocycles. The normalized spacial score (nSPS) is 11.4. The van der Waals surface area contributed by atoms with E-state index in [1.165, 1.54) is 5.56 Å². The van der Waals surface area contributed by atoms with Crippen molar-refractivity contribution in [2.24, 2.45) is 0 Å². The van der Waals surface area contributed by atoms with E-state index in [1.807, 2.05) is 6.07 Å². The predicted octanol–water partition coefficient (Wildman–Crippen LogP) is 4.95. The summed E-state index contributed by atoms with van der Waals surface area (Å²) in [6.07, 6.45) is 3.23. The van der Waals surface area contributed by atoms with Crippen LogP contribution in [0.5, 0.6) is 11.5 Å². The Morgan fingerprint density at radius 2 is 1.58 bits per heavy atom. The summed E-state index contributed by atoms with van der Waals surface area (Å²) in [4.78, 5) is 0. The first kappa shape index (κ1) is 15.9. The highest BCUT2D eigenvalue weighted by molar-refractivity contribution is 5.44. The molecule has 0 saturated heterocycles. The average molecular weight is 264 g/mol. The molecule has 0 aliphatic heterocycles. The number of benzene rings is 1. The molecule has 0 saturated carbocycles. The van der Waals surface area contributed by atoms with Gasteiger partial charge in [0.25, 0.3) is 0 Å². The summed E-state index contributed by atoms with van der Waals surface area (Å²) >= 11 is 0. The molecular formula is C17H28O2. The topological polar surface area (TPSA) is 18.5 Å². The van der Waals surface area contributed by atoms with Gasteiger partial charge in [-0.15, -0.1) is 0 Å². The Balaban J connectivity index is 2.89. The van der Waals surface area contributed by atoms with Gasteiger partial charge in [0.15, 0.2) is 11.5 Å². The van der Waals surface area contributed by atoms with Gasteiger partial charge >= 0.3 is 0 Å². The van der Waals surface area contributed by atoms with Crippen molar-refractivity contribution in [1.29, 1.82) is 0 Å². The van der Waals surface area contributed by atoms with Gasteiger partial charge in [0, 0.05) is 0 Å². The lowest BCUT2D eigenvalue weighted by molar-refractivity contribution is 0.264. The number of unbranched alkanes of at least 4 members (excludes halogenated alkanes) is 1. The van der Waals surface area contributed by atoms with Gasteiger partial charge in [0.05, 0.1) is 13.2 Å². The predicted molar refractivity (Wildman–Crippen MR) is 81.3 cm³/mol. The van der Waals surface area contributed by atoms with Crippen molar-refractivity contribution in [2.45, 2.75) is 59.3 Å². The molecule has 0 aliphatic carbocycles. The molecule has 0 fully saturated rings. The largest absolute Gasteiger partial charge is 0.490 e. The maximum atomic E-state index is 5.83. The monoisotopic (exact) mass is 264 g/mol. The molecule has 0 radical (unpaired) electrons. The second-order valence-corrected chi connectivity index (χ2v) is 5.96. The van der Waals surface area contributed by atoms with E-state index in [1.54, 1.807) is 0 Å². The zero-order valence-electron chi connectivity index (χ0n) is 13.1. The number of hydrogen-bond acceptors (Lipinski definition) is 2. The first-order chi connectivity index (χ1) is 8.99. The van der Waals surface area contributed by atoms with Crippen LogP contribution in [0.25, 0.3) is 0 Å². The van der Waals surface area contributed by atoms with Gasteiger partial charge in [-0.1, -0.05) is 47.1 Å². The summed E-state index contributed by atoms with van der Waals surface area (Å²) in [5, 5.41) is 0. The van der Waals surface area contributed by atoms with Crippen LogP contribution in [0.2, 0.25) is 0 Å². The molecule has 1 aromatic rings. The van der Waals surface area contributed by atoms with Crippen LogP contribution in [-0.2, 0) is 5.41 Å². The third-order valence-electron chi connectivity index (χ3n) is 3.03. The molecule has 0 N–H and O–H groups in total. The third-order valence-corrected chi connectivity index (χ3v) is 3.03. The van der Waals surface area contributed by atoms with Gasteiger partial charge in [-0.2, -0.15) is 0 Å². The van der Waals surface area contributed by atoms with Crippen molar-refractivity contribution < 1.29 is 9.47 Å². The van der Waals surface area contributed by atoms with Crippen molar-refractivity contribution in [3.63, 3.8) is 0 Å². The molecule has 0 bridgehead atoms. The lowest BCUT2D eigenvalue weighted by atomic mass is 9.87. The Morgan fingerprint density at radius 1 is 0.895 bits per heavy atom. The van der Waals surface area contributed by atoms with Crippen LogP contribution in [0.4, 0.5) is 0 Å². The van der Waals surface area contributed by atoms with Gasteiger partial charge in [0.1, 0.15) is 0 Å². The Morgan fingerprint density at radius 3 is 2.16 bits per heavy atom. The fourth-order valence-electron chi connectivity index (χ4n) is 1.75. The highest BCUT2D eigenvalue weighted by atomic mass is 16.5. The Kier molecular flexibility index (Phi) is 6.20. The molecule has 0 atom stereocenters. The third kappa shape index (κ3) is 5.14. The number of ether oxygens (including phenoxy) is 2. The van der Waals surface area contributed by atoms with Gasteiger partial charge in [-0.25, -0.2) is 0 Å². The van der Waals surface area contributed by atoms with Crippen molar-refractivity contribution >= 4 is 0 Å². The molecule has 2 heteroatoms. The highest BCUT2D eigenvalue weighted by Crippen LogP contribution is 2.33. The van der Waals surface area contributed by atoms with Crippen molar-refractivity contribution in [2.75, 3.05) is 13.2 Å². The summed E-state index contributed by atoms with van der Waals surface area (Å²) in [5.74, 6) is 1.75. The Hall–Kier alpha value is -1.18. The van der Waals surface area contributed by atoms with E-state index in [0.717, 1.165) is 44.0 Å². The molecule has 0 spiro atoms. The van der Waals surface area contributed by atoms with Crippen molar-refractivity contribution in [3.05, 3.63) is 23.8 Å². The van der Waals surface area contributed by atoms with Gasteiger partial charge in [0.2, 0.25) is 0 Å². The summed E-state index contributed by atoms with van der Waals surface area (Å²) in [6.45, 7) is 12.4. The molecule has 0 aliphatic rings. The smallest absolute Gasteiger partial charge is 0.161 e. The molecule has 1 rings (SSSR count). The van der Waals surface area contributed by atoms with Crippen LogP contribution >= 0.6 is 0 Å². The molecule has 108 valence electrons. The standard InChI is InChI=1S/C17H28O2/c1-6-8-12-19-15-10-9-14(17(3,4)5)13-16(15)18-11-7-2/h9-10,13H,6-8,11-12H2,1-5H3. The van der Waals surface area contributed by atoms with Crippen LogP contribution < -0.4 is 9.47 Å². The van der Waals surface area contributed by atoms with E-state index in [0.29, 0.717) is 0 Å². The summed E-state index contributed by atoms with van der Waals surface area (Å²) in [7, 11) is 0. The van der Waals surface area contributed by atoms with E-state index < -0.39 is 0 Å². The van der Waals surface area contributed by atoms with E-state index >= 15 is 0 Å². The molecule has 19 heavy (non-hydrogen) atoms. The first-order valence-corrected chi connectivity index (χ1v) is 7.39. The van der Waals surface area contributed by atoms with Crippen molar-refractivity contribution in [3.8, 4) is 11.5 Å². The molecule has 0 heterocycles. The zero-order valence-corrected chi connectivity index (χ0v) is 13.1. The van der Waals surface area contributed by atoms with Crippen LogP contribution in [0.1, 0.15) is 59.4 Å². The minimum Gasteiger partial charge on any atom is -0.490 e. The fraction of sp³-hybridized carbons (Fsp3) is 0.647. The van der Waals surface area contributed by atoms with E-state index in [4.69, 9.17) is 9.47 Å². The maximum Gasteiger partial charge on any atom is 0.161 e. The average Bonchev–Trinajstić information content (AvgIpc) is 2.36. The second-order valence-electron chi connectivity index (χ2n) is 5.96. The number of rotatable bonds is 7. The summed E-state index contributed by atoms with van der Waals surface area (Å²) in [5.41, 5.74) is 1.41. The molecule has 2 nitrogen and oxygen atoms in total. The molecule has 0 amide bonds. The van der Waals surface area contributed by atoms with Crippen molar-refractivity contribution in [1.82, 2.24) is 0 Å². The summed E-state index contributed by atoms with van der Waals surface area (Å²) < 4.78 is 11.6. The van der Waals surface area contributed by atoms with Gasteiger partial charge in [-0.05, 0) is 36.0 Å². The summed E-state index contributed by atoms with van der Waals surface area (Å²) in [6, 6.07) is 6.30. The van der Waals surface area contributed by atoms with Crippen LogP contribution in [-0.4, -0.2) is 13.2 Å². The van der Waals surface area contributed by atoms with E-state index in [9.17, 15) is 0 Å². The highest BCUT2D eigenvalue weighted by Gasteiger charge is 2.16. The van der Waals surface area contributed by atoms with Gasteiger partial charge in [-0.3, -0.25) is 0 Å².